The molecule has 1 aliphatic heterocycles. The maximum absolute atomic E-state index is 13.4. The van der Waals surface area contributed by atoms with Crippen LogP contribution in [0.2, 0.25) is 0 Å². The molecule has 0 fully saturated rings. The van der Waals surface area contributed by atoms with Gasteiger partial charge in [0.1, 0.15) is 11.1 Å². The van der Waals surface area contributed by atoms with Gasteiger partial charge in [-0.05, 0) is 47.9 Å². The van der Waals surface area contributed by atoms with Crippen LogP contribution >= 0.6 is 15.9 Å². The lowest BCUT2D eigenvalue weighted by Gasteiger charge is -2.37. The monoisotopic (exact) mass is 442 g/mol. The van der Waals surface area contributed by atoms with Gasteiger partial charge in [0.2, 0.25) is 10.0 Å². The molecule has 0 aliphatic carbocycles. The van der Waals surface area contributed by atoms with Gasteiger partial charge in [0.25, 0.3) is 0 Å². The number of para-hydroxylation sites is 1. The van der Waals surface area contributed by atoms with Crippen molar-refractivity contribution in [1.29, 1.82) is 0 Å². The molecule has 0 aromatic heterocycles. The second kappa shape index (κ2) is 7.11. The van der Waals surface area contributed by atoms with E-state index in [2.05, 4.69) is 21.2 Å². The van der Waals surface area contributed by atoms with E-state index < -0.39 is 16.2 Å². The minimum atomic E-state index is -3.65. The number of nitrogens with zero attached hydrogens (tertiary/aromatic N) is 1. The van der Waals surface area contributed by atoms with Crippen LogP contribution < -0.4 is 5.32 Å². The maximum atomic E-state index is 13.4. The van der Waals surface area contributed by atoms with Gasteiger partial charge in [0, 0.05) is 11.0 Å². The first-order chi connectivity index (χ1) is 13.0. The molecule has 27 heavy (non-hydrogen) atoms. The van der Waals surface area contributed by atoms with Gasteiger partial charge in [-0.3, -0.25) is 0 Å². The van der Waals surface area contributed by atoms with Crippen LogP contribution in [0.15, 0.2) is 82.2 Å². The van der Waals surface area contributed by atoms with Gasteiger partial charge >= 0.3 is 0 Å². The minimum Gasteiger partial charge on any atom is -0.364 e. The standard InChI is InChI=1S/C21H19BrN2O2S/c1-15-6-2-3-7-17(15)14-24-21(16-10-12-18(22)13-11-16)23-19-8-4-5-9-20(19)27(24,25)26/h2-13,21,23H,14H2,1H3. The highest BCUT2D eigenvalue weighted by atomic mass is 79.9. The van der Waals surface area contributed by atoms with Crippen molar-refractivity contribution in [2.75, 3.05) is 5.32 Å². The fourth-order valence-corrected chi connectivity index (χ4v) is 5.25. The number of anilines is 1. The first-order valence-electron chi connectivity index (χ1n) is 8.64. The van der Waals surface area contributed by atoms with Crippen LogP contribution in [0.5, 0.6) is 0 Å². The lowest BCUT2D eigenvalue weighted by atomic mass is 10.1. The lowest BCUT2D eigenvalue weighted by Crippen LogP contribution is -2.42. The fraction of sp³-hybridized carbons (Fsp3) is 0.143. The third-order valence-electron chi connectivity index (χ3n) is 4.83. The highest BCUT2D eigenvalue weighted by molar-refractivity contribution is 9.10. The third-order valence-corrected chi connectivity index (χ3v) is 7.22. The van der Waals surface area contributed by atoms with Crippen LogP contribution in [0.1, 0.15) is 22.9 Å². The summed E-state index contributed by atoms with van der Waals surface area (Å²) in [6.45, 7) is 2.30. The molecule has 1 heterocycles. The van der Waals surface area contributed by atoms with Crippen LogP contribution in [-0.2, 0) is 16.6 Å². The quantitative estimate of drug-likeness (QED) is 0.615. The van der Waals surface area contributed by atoms with Crippen LogP contribution in [0.3, 0.4) is 0 Å². The molecule has 4 rings (SSSR count). The van der Waals surface area contributed by atoms with Crippen molar-refractivity contribution in [3.05, 3.63) is 94.0 Å². The van der Waals surface area contributed by atoms with Gasteiger partial charge in [0.15, 0.2) is 0 Å². The van der Waals surface area contributed by atoms with Crippen molar-refractivity contribution in [2.45, 2.75) is 24.5 Å². The molecule has 0 spiro atoms. The molecule has 0 bridgehead atoms. The molecular formula is C21H19BrN2O2S. The Kier molecular flexibility index (Phi) is 4.80. The molecule has 1 unspecified atom stereocenters. The predicted molar refractivity (Wildman–Crippen MR) is 111 cm³/mol. The summed E-state index contributed by atoms with van der Waals surface area (Å²) in [4.78, 5) is 0.312. The topological polar surface area (TPSA) is 49.4 Å². The number of aryl methyl sites for hydroxylation is 1. The third kappa shape index (κ3) is 3.40. The fourth-order valence-electron chi connectivity index (χ4n) is 3.32. The van der Waals surface area contributed by atoms with Crippen molar-refractivity contribution in [3.63, 3.8) is 0 Å². The summed E-state index contributed by atoms with van der Waals surface area (Å²) in [5, 5.41) is 3.41. The van der Waals surface area contributed by atoms with E-state index in [4.69, 9.17) is 0 Å². The number of hydrogen-bond acceptors (Lipinski definition) is 3. The number of rotatable bonds is 3. The molecule has 0 amide bonds. The summed E-state index contributed by atoms with van der Waals surface area (Å²) in [6.07, 6.45) is -0.474. The van der Waals surface area contributed by atoms with Crippen LogP contribution in [0.4, 0.5) is 5.69 Å². The number of benzene rings is 3. The van der Waals surface area contributed by atoms with E-state index in [0.29, 0.717) is 17.1 Å². The molecule has 1 N–H and O–H groups in total. The number of sulfonamides is 1. The van der Waals surface area contributed by atoms with Crippen LogP contribution in [-0.4, -0.2) is 12.7 Å². The van der Waals surface area contributed by atoms with E-state index in [1.165, 1.54) is 0 Å². The predicted octanol–water partition coefficient (Wildman–Crippen LogP) is 5.07. The molecule has 1 aliphatic rings. The molecule has 4 nitrogen and oxygen atoms in total. The normalized spacial score (nSPS) is 18.5. The Morgan fingerprint density at radius 1 is 0.963 bits per heavy atom. The van der Waals surface area contributed by atoms with E-state index in [1.54, 1.807) is 16.4 Å². The Hall–Kier alpha value is -2.15. The Balaban J connectivity index is 1.84. The molecule has 1 atom stereocenters. The Morgan fingerprint density at radius 2 is 1.63 bits per heavy atom. The number of fused-ring (bicyclic) bond motifs is 1. The Bertz CT molecular complexity index is 1080. The second-order valence-electron chi connectivity index (χ2n) is 6.57. The molecule has 0 saturated carbocycles. The van der Waals surface area contributed by atoms with Crippen LogP contribution in [0, 0.1) is 6.92 Å². The van der Waals surface area contributed by atoms with Crippen molar-refractivity contribution in [2.24, 2.45) is 0 Å². The van der Waals surface area contributed by atoms with Crippen molar-refractivity contribution in [1.82, 2.24) is 4.31 Å². The van der Waals surface area contributed by atoms with E-state index in [0.717, 1.165) is 21.2 Å². The summed E-state index contributed by atoms with van der Waals surface area (Å²) in [5.74, 6) is 0. The summed E-state index contributed by atoms with van der Waals surface area (Å²) in [6, 6.07) is 22.7. The molecule has 0 radical (unpaired) electrons. The van der Waals surface area contributed by atoms with E-state index in [-0.39, 0.29) is 0 Å². The number of hydrogen-bond donors (Lipinski definition) is 1. The summed E-state index contributed by atoms with van der Waals surface area (Å²) in [7, 11) is -3.65. The first-order valence-corrected chi connectivity index (χ1v) is 10.9. The molecule has 3 aromatic carbocycles. The van der Waals surface area contributed by atoms with Crippen molar-refractivity contribution in [3.8, 4) is 0 Å². The SMILES string of the molecule is Cc1ccccc1CN1C(c2ccc(Br)cc2)Nc2ccccc2S1(=O)=O. The Morgan fingerprint density at radius 3 is 2.37 bits per heavy atom. The summed E-state index contributed by atoms with van der Waals surface area (Å²) >= 11 is 3.44. The molecule has 3 aromatic rings. The highest BCUT2D eigenvalue weighted by Gasteiger charge is 2.38. The van der Waals surface area contributed by atoms with Gasteiger partial charge in [0.05, 0.1) is 5.69 Å². The van der Waals surface area contributed by atoms with Gasteiger partial charge < -0.3 is 5.32 Å². The van der Waals surface area contributed by atoms with Gasteiger partial charge in [-0.15, -0.1) is 0 Å². The highest BCUT2D eigenvalue weighted by Crippen LogP contribution is 2.39. The van der Waals surface area contributed by atoms with Gasteiger partial charge in [-0.2, -0.15) is 4.31 Å². The number of nitrogens with one attached hydrogen (secondary N) is 1. The van der Waals surface area contributed by atoms with Crippen LogP contribution in [0.25, 0.3) is 0 Å². The number of halogens is 1. The zero-order valence-electron chi connectivity index (χ0n) is 14.8. The smallest absolute Gasteiger partial charge is 0.247 e. The molecule has 138 valence electrons. The minimum absolute atomic E-state index is 0.303. The van der Waals surface area contributed by atoms with Gasteiger partial charge in [-0.25, -0.2) is 8.42 Å². The average molecular weight is 443 g/mol. The van der Waals surface area contributed by atoms with Crippen molar-refractivity contribution >= 4 is 31.6 Å². The zero-order chi connectivity index (χ0) is 19.0. The zero-order valence-corrected chi connectivity index (χ0v) is 17.2. The summed E-state index contributed by atoms with van der Waals surface area (Å²) in [5.41, 5.74) is 3.58. The van der Waals surface area contributed by atoms with E-state index >= 15 is 0 Å². The Labute approximate surface area is 168 Å². The molecular weight excluding hydrogens is 424 g/mol. The second-order valence-corrected chi connectivity index (χ2v) is 9.35. The van der Waals surface area contributed by atoms with E-state index in [1.807, 2.05) is 67.6 Å². The maximum Gasteiger partial charge on any atom is 0.247 e. The van der Waals surface area contributed by atoms with Crippen molar-refractivity contribution < 1.29 is 8.42 Å². The van der Waals surface area contributed by atoms with E-state index in [9.17, 15) is 8.42 Å². The lowest BCUT2D eigenvalue weighted by molar-refractivity contribution is 0.335. The average Bonchev–Trinajstić information content (AvgIpc) is 2.66. The van der Waals surface area contributed by atoms with Gasteiger partial charge in [-0.1, -0.05) is 64.5 Å². The molecule has 0 saturated heterocycles. The largest absolute Gasteiger partial charge is 0.364 e. The molecule has 6 heteroatoms. The summed E-state index contributed by atoms with van der Waals surface area (Å²) < 4.78 is 29.4. The first kappa shape index (κ1) is 18.2.